The highest BCUT2D eigenvalue weighted by molar-refractivity contribution is 6.21. The maximum Gasteiger partial charge on any atom is 0.262 e. The Morgan fingerprint density at radius 2 is 1.93 bits per heavy atom. The van der Waals surface area contributed by atoms with E-state index in [0.29, 0.717) is 29.2 Å². The molecule has 1 saturated heterocycles. The van der Waals surface area contributed by atoms with Gasteiger partial charge in [0, 0.05) is 12.3 Å². The topological polar surface area (TPSA) is 84.9 Å². The van der Waals surface area contributed by atoms with Crippen LogP contribution >= 0.6 is 0 Å². The minimum Gasteiger partial charge on any atom is -0.483 e. The SMILES string of the molecule is Cc1ccc(OCC(=O)Nc2ccc3c(c2)C(=O)N(CC2CCCO2)C3=O)c(C)c1. The maximum absolute atomic E-state index is 12.7. The van der Waals surface area contributed by atoms with Crippen molar-refractivity contribution in [1.82, 2.24) is 4.90 Å². The molecule has 2 aromatic carbocycles. The lowest BCUT2D eigenvalue weighted by atomic mass is 10.1. The van der Waals surface area contributed by atoms with Crippen LogP contribution < -0.4 is 10.1 Å². The third-order valence-electron chi connectivity index (χ3n) is 5.35. The highest BCUT2D eigenvalue weighted by atomic mass is 16.5. The van der Waals surface area contributed by atoms with E-state index in [0.717, 1.165) is 24.0 Å². The molecule has 2 aliphatic rings. The van der Waals surface area contributed by atoms with Crippen molar-refractivity contribution in [2.45, 2.75) is 32.8 Å². The normalized spacial score (nSPS) is 17.9. The van der Waals surface area contributed by atoms with Crippen LogP contribution in [-0.2, 0) is 9.53 Å². The molecule has 3 amide bonds. The number of benzene rings is 2. The van der Waals surface area contributed by atoms with Crippen LogP contribution in [0, 0.1) is 13.8 Å². The van der Waals surface area contributed by atoms with Gasteiger partial charge in [0.1, 0.15) is 5.75 Å². The van der Waals surface area contributed by atoms with Gasteiger partial charge in [0.05, 0.1) is 23.8 Å². The first-order chi connectivity index (χ1) is 14.4. The fourth-order valence-corrected chi connectivity index (χ4v) is 3.83. The Kier molecular flexibility index (Phi) is 5.55. The second-order valence-electron chi connectivity index (χ2n) is 7.72. The summed E-state index contributed by atoms with van der Waals surface area (Å²) in [6.45, 7) is 4.68. The standard InChI is InChI=1S/C23H24N2O5/c1-14-5-8-20(15(2)10-14)30-13-21(26)24-16-6-7-18-19(11-16)23(28)25(22(18)27)12-17-4-3-9-29-17/h5-8,10-11,17H,3-4,9,12-13H2,1-2H3,(H,24,26). The molecule has 1 fully saturated rings. The van der Waals surface area contributed by atoms with Crippen LogP contribution in [0.2, 0.25) is 0 Å². The molecular weight excluding hydrogens is 384 g/mol. The second-order valence-corrected chi connectivity index (χ2v) is 7.72. The van der Waals surface area contributed by atoms with Gasteiger partial charge in [-0.15, -0.1) is 0 Å². The third kappa shape index (κ3) is 4.07. The Labute approximate surface area is 175 Å². The van der Waals surface area contributed by atoms with Crippen LogP contribution in [-0.4, -0.2) is 48.5 Å². The van der Waals surface area contributed by atoms with Gasteiger partial charge in [0.2, 0.25) is 0 Å². The fraction of sp³-hybridized carbons (Fsp3) is 0.348. The third-order valence-corrected chi connectivity index (χ3v) is 5.35. The molecule has 0 saturated carbocycles. The molecule has 1 unspecified atom stereocenters. The first-order valence-electron chi connectivity index (χ1n) is 10.0. The molecule has 0 aliphatic carbocycles. The maximum atomic E-state index is 12.7. The van der Waals surface area contributed by atoms with Gasteiger partial charge in [-0.05, 0) is 56.5 Å². The quantitative estimate of drug-likeness (QED) is 0.743. The van der Waals surface area contributed by atoms with E-state index in [4.69, 9.17) is 9.47 Å². The van der Waals surface area contributed by atoms with Gasteiger partial charge in [-0.1, -0.05) is 17.7 Å². The molecule has 0 radical (unpaired) electrons. The first-order valence-corrected chi connectivity index (χ1v) is 10.0. The molecule has 1 N–H and O–H groups in total. The molecule has 2 aliphatic heterocycles. The number of carbonyl (C=O) groups excluding carboxylic acids is 3. The van der Waals surface area contributed by atoms with Gasteiger partial charge in [-0.2, -0.15) is 0 Å². The number of rotatable bonds is 6. The van der Waals surface area contributed by atoms with E-state index in [1.807, 2.05) is 32.0 Å². The van der Waals surface area contributed by atoms with Gasteiger partial charge >= 0.3 is 0 Å². The van der Waals surface area contributed by atoms with Crippen LogP contribution in [0.3, 0.4) is 0 Å². The highest BCUT2D eigenvalue weighted by Crippen LogP contribution is 2.27. The summed E-state index contributed by atoms with van der Waals surface area (Å²) in [4.78, 5) is 38.8. The minimum atomic E-state index is -0.354. The number of aryl methyl sites for hydroxylation is 2. The number of hydrogen-bond acceptors (Lipinski definition) is 5. The minimum absolute atomic E-state index is 0.103. The Morgan fingerprint density at radius 3 is 2.67 bits per heavy atom. The van der Waals surface area contributed by atoms with Crippen molar-refractivity contribution < 1.29 is 23.9 Å². The zero-order valence-corrected chi connectivity index (χ0v) is 17.1. The van der Waals surface area contributed by atoms with Crippen molar-refractivity contribution in [2.24, 2.45) is 0 Å². The summed E-state index contributed by atoms with van der Waals surface area (Å²) in [5.74, 6) is -0.368. The van der Waals surface area contributed by atoms with Crippen LogP contribution in [0.4, 0.5) is 5.69 Å². The van der Waals surface area contributed by atoms with Crippen LogP contribution in [0.25, 0.3) is 0 Å². The molecule has 0 aromatic heterocycles. The summed E-state index contributed by atoms with van der Waals surface area (Å²) in [6.07, 6.45) is 1.68. The molecular formula is C23H24N2O5. The summed E-state index contributed by atoms with van der Waals surface area (Å²) in [6, 6.07) is 10.5. The smallest absolute Gasteiger partial charge is 0.262 e. The number of anilines is 1. The number of ether oxygens (including phenoxy) is 2. The van der Waals surface area contributed by atoms with E-state index in [2.05, 4.69) is 5.32 Å². The highest BCUT2D eigenvalue weighted by Gasteiger charge is 2.37. The summed E-state index contributed by atoms with van der Waals surface area (Å²) >= 11 is 0. The number of amides is 3. The summed E-state index contributed by atoms with van der Waals surface area (Å²) in [7, 11) is 0. The average molecular weight is 408 g/mol. The van der Waals surface area contributed by atoms with E-state index < -0.39 is 0 Å². The number of fused-ring (bicyclic) bond motifs is 1. The monoisotopic (exact) mass is 408 g/mol. The number of carbonyl (C=O) groups is 3. The van der Waals surface area contributed by atoms with Crippen molar-refractivity contribution in [2.75, 3.05) is 25.1 Å². The lowest BCUT2D eigenvalue weighted by Crippen LogP contribution is -2.36. The molecule has 7 heteroatoms. The lowest BCUT2D eigenvalue weighted by molar-refractivity contribution is -0.118. The zero-order chi connectivity index (χ0) is 21.3. The van der Waals surface area contributed by atoms with Crippen molar-refractivity contribution in [3.8, 4) is 5.75 Å². The molecule has 7 nitrogen and oxygen atoms in total. The van der Waals surface area contributed by atoms with Crippen molar-refractivity contribution in [3.63, 3.8) is 0 Å². The molecule has 30 heavy (non-hydrogen) atoms. The van der Waals surface area contributed by atoms with E-state index in [1.54, 1.807) is 18.2 Å². The van der Waals surface area contributed by atoms with E-state index >= 15 is 0 Å². The van der Waals surface area contributed by atoms with Crippen molar-refractivity contribution >= 4 is 23.4 Å². The van der Waals surface area contributed by atoms with Crippen molar-refractivity contribution in [1.29, 1.82) is 0 Å². The molecule has 0 spiro atoms. The lowest BCUT2D eigenvalue weighted by Gasteiger charge is -2.17. The Balaban J connectivity index is 1.40. The molecule has 2 aromatic rings. The molecule has 156 valence electrons. The Morgan fingerprint density at radius 1 is 1.13 bits per heavy atom. The van der Waals surface area contributed by atoms with E-state index in [1.165, 1.54) is 4.90 Å². The van der Waals surface area contributed by atoms with Crippen LogP contribution in [0.5, 0.6) is 5.75 Å². The van der Waals surface area contributed by atoms with Crippen LogP contribution in [0.1, 0.15) is 44.7 Å². The number of nitrogens with one attached hydrogen (secondary N) is 1. The Bertz CT molecular complexity index is 1010. The van der Waals surface area contributed by atoms with Crippen LogP contribution in [0.15, 0.2) is 36.4 Å². The van der Waals surface area contributed by atoms with Gasteiger partial charge in [0.15, 0.2) is 6.61 Å². The van der Waals surface area contributed by atoms with E-state index in [9.17, 15) is 14.4 Å². The summed E-state index contributed by atoms with van der Waals surface area (Å²) in [5.41, 5.74) is 3.17. The predicted molar refractivity (Wildman–Crippen MR) is 111 cm³/mol. The van der Waals surface area contributed by atoms with Gasteiger partial charge < -0.3 is 14.8 Å². The predicted octanol–water partition coefficient (Wildman–Crippen LogP) is 3.10. The number of nitrogens with zero attached hydrogens (tertiary/aromatic N) is 1. The zero-order valence-electron chi connectivity index (χ0n) is 17.1. The molecule has 4 rings (SSSR count). The fourth-order valence-electron chi connectivity index (χ4n) is 3.83. The van der Waals surface area contributed by atoms with Gasteiger partial charge in [-0.25, -0.2) is 0 Å². The molecule has 0 bridgehead atoms. The molecule has 1 atom stereocenters. The second kappa shape index (κ2) is 8.28. The Hall–Kier alpha value is -3.19. The van der Waals surface area contributed by atoms with Gasteiger partial charge in [0.25, 0.3) is 17.7 Å². The average Bonchev–Trinajstić information content (AvgIpc) is 3.30. The molecule has 2 heterocycles. The largest absolute Gasteiger partial charge is 0.483 e. The number of hydrogen-bond donors (Lipinski definition) is 1. The van der Waals surface area contributed by atoms with Gasteiger partial charge in [-0.3, -0.25) is 19.3 Å². The summed E-state index contributed by atoms with van der Waals surface area (Å²) in [5, 5.41) is 2.73. The van der Waals surface area contributed by atoms with Crippen molar-refractivity contribution in [3.05, 3.63) is 58.7 Å². The van der Waals surface area contributed by atoms with E-state index in [-0.39, 0.29) is 37.0 Å². The number of imide groups is 1. The first kappa shape index (κ1) is 20.1. The summed E-state index contributed by atoms with van der Waals surface area (Å²) < 4.78 is 11.1.